The van der Waals surface area contributed by atoms with Crippen LogP contribution in [0.3, 0.4) is 0 Å². The van der Waals surface area contributed by atoms with Crippen molar-refractivity contribution in [2.24, 2.45) is 0 Å². The van der Waals surface area contributed by atoms with Gasteiger partial charge in [0, 0.05) is 16.2 Å². The van der Waals surface area contributed by atoms with Crippen LogP contribution in [-0.4, -0.2) is 10.1 Å². The Labute approximate surface area is 82.7 Å². The predicted molar refractivity (Wildman–Crippen MR) is 47.6 cm³/mol. The van der Waals surface area contributed by atoms with Crippen LogP contribution in [0, 0.1) is 6.92 Å². The molecule has 0 aromatic carbocycles. The molecule has 1 aromatic heterocycles. The Morgan fingerprint density at radius 3 is 2.69 bits per heavy atom. The highest BCUT2D eigenvalue weighted by molar-refractivity contribution is 9.10. The normalized spacial score (nSPS) is 10.9. The number of alkyl halides is 2. The van der Waals surface area contributed by atoms with Gasteiger partial charge in [0.2, 0.25) is 0 Å². The summed E-state index contributed by atoms with van der Waals surface area (Å²) in [6.07, 6.45) is -1.28. The molecule has 0 saturated heterocycles. The molecule has 0 bridgehead atoms. The van der Waals surface area contributed by atoms with Crippen LogP contribution in [0.1, 0.15) is 23.2 Å². The topological polar surface area (TPSA) is 33.1 Å². The van der Waals surface area contributed by atoms with Gasteiger partial charge in [0.15, 0.2) is 0 Å². The van der Waals surface area contributed by atoms with E-state index >= 15 is 0 Å². The van der Waals surface area contributed by atoms with E-state index in [1.807, 2.05) is 0 Å². The van der Waals surface area contributed by atoms with Gasteiger partial charge in [-0.05, 0) is 28.4 Å². The van der Waals surface area contributed by atoms with Crippen LogP contribution in [-0.2, 0) is 6.61 Å². The molecule has 1 rings (SSSR count). The van der Waals surface area contributed by atoms with Crippen molar-refractivity contribution in [2.45, 2.75) is 20.0 Å². The molecule has 0 saturated carbocycles. The van der Waals surface area contributed by atoms with Crippen LogP contribution in [0.5, 0.6) is 0 Å². The number of hydrogen-bond donors (Lipinski definition) is 1. The first-order valence-electron chi connectivity index (χ1n) is 3.60. The van der Waals surface area contributed by atoms with Gasteiger partial charge < -0.3 is 5.11 Å². The van der Waals surface area contributed by atoms with E-state index in [0.29, 0.717) is 11.3 Å². The molecule has 0 fully saturated rings. The standard InChI is InChI=1S/C8H8BrF2NO/c1-4-6(3-13)12-2-5(9)7(4)8(10)11/h2,8,13H,3H2,1H3. The fraction of sp³-hybridized carbons (Fsp3) is 0.375. The Morgan fingerprint density at radius 2 is 2.23 bits per heavy atom. The van der Waals surface area contributed by atoms with Crippen LogP contribution in [0.25, 0.3) is 0 Å². The van der Waals surface area contributed by atoms with Crippen molar-refractivity contribution in [1.29, 1.82) is 0 Å². The molecule has 0 atom stereocenters. The second kappa shape index (κ2) is 4.11. The number of aromatic nitrogens is 1. The SMILES string of the molecule is Cc1c(CO)ncc(Br)c1C(F)F. The lowest BCUT2D eigenvalue weighted by Crippen LogP contribution is -2.00. The Hall–Kier alpha value is -0.550. The van der Waals surface area contributed by atoms with Crippen LogP contribution < -0.4 is 0 Å². The molecule has 5 heteroatoms. The molecule has 1 N–H and O–H groups in total. The predicted octanol–water partition coefficient (Wildman–Crippen LogP) is 2.58. The molecule has 0 aliphatic rings. The van der Waals surface area contributed by atoms with E-state index in [9.17, 15) is 8.78 Å². The zero-order chi connectivity index (χ0) is 10.0. The zero-order valence-electron chi connectivity index (χ0n) is 6.89. The molecule has 2 nitrogen and oxygen atoms in total. The summed E-state index contributed by atoms with van der Waals surface area (Å²) in [7, 11) is 0. The molecular formula is C8H8BrF2NO. The first kappa shape index (κ1) is 10.5. The van der Waals surface area contributed by atoms with Gasteiger partial charge in [0.1, 0.15) is 0 Å². The Morgan fingerprint density at radius 1 is 1.62 bits per heavy atom. The largest absolute Gasteiger partial charge is 0.390 e. The molecule has 0 spiro atoms. The van der Waals surface area contributed by atoms with E-state index in [-0.39, 0.29) is 16.6 Å². The molecule has 1 heterocycles. The van der Waals surface area contributed by atoms with Crippen LogP contribution >= 0.6 is 15.9 Å². The summed E-state index contributed by atoms with van der Waals surface area (Å²) in [6, 6.07) is 0. The van der Waals surface area contributed by atoms with Crippen molar-refractivity contribution < 1.29 is 13.9 Å². The van der Waals surface area contributed by atoms with Gasteiger partial charge in [-0.25, -0.2) is 8.78 Å². The lowest BCUT2D eigenvalue weighted by Gasteiger charge is -2.09. The third kappa shape index (κ3) is 2.03. The van der Waals surface area contributed by atoms with E-state index in [4.69, 9.17) is 5.11 Å². The van der Waals surface area contributed by atoms with Gasteiger partial charge in [0.05, 0.1) is 12.3 Å². The van der Waals surface area contributed by atoms with Gasteiger partial charge in [-0.2, -0.15) is 0 Å². The fourth-order valence-corrected chi connectivity index (χ4v) is 1.64. The molecule has 0 unspecified atom stereocenters. The van der Waals surface area contributed by atoms with Gasteiger partial charge in [-0.3, -0.25) is 4.98 Å². The number of pyridine rings is 1. The van der Waals surface area contributed by atoms with E-state index in [0.717, 1.165) is 0 Å². The van der Waals surface area contributed by atoms with Crippen molar-refractivity contribution in [1.82, 2.24) is 4.98 Å². The molecular weight excluding hydrogens is 244 g/mol. The highest BCUT2D eigenvalue weighted by atomic mass is 79.9. The minimum Gasteiger partial charge on any atom is -0.390 e. The monoisotopic (exact) mass is 251 g/mol. The average Bonchev–Trinajstić information content (AvgIpc) is 2.04. The summed E-state index contributed by atoms with van der Waals surface area (Å²) >= 11 is 2.99. The minimum atomic E-state index is -2.55. The number of nitrogens with zero attached hydrogens (tertiary/aromatic N) is 1. The van der Waals surface area contributed by atoms with Crippen molar-refractivity contribution in [3.63, 3.8) is 0 Å². The summed E-state index contributed by atoms with van der Waals surface area (Å²) < 4.78 is 25.2. The average molecular weight is 252 g/mol. The minimum absolute atomic E-state index is 0.0981. The van der Waals surface area contributed by atoms with Gasteiger partial charge in [-0.15, -0.1) is 0 Å². The maximum atomic E-state index is 12.5. The molecule has 0 radical (unpaired) electrons. The summed E-state index contributed by atoms with van der Waals surface area (Å²) in [5.41, 5.74) is 0.532. The summed E-state index contributed by atoms with van der Waals surface area (Å²) in [5, 5.41) is 8.79. The van der Waals surface area contributed by atoms with E-state index in [1.54, 1.807) is 0 Å². The molecule has 0 aliphatic heterocycles. The van der Waals surface area contributed by atoms with E-state index in [1.165, 1.54) is 13.1 Å². The lowest BCUT2D eigenvalue weighted by atomic mass is 10.1. The number of hydrogen-bond acceptors (Lipinski definition) is 2. The molecule has 0 aliphatic carbocycles. The highest BCUT2D eigenvalue weighted by Crippen LogP contribution is 2.30. The van der Waals surface area contributed by atoms with Gasteiger partial charge >= 0.3 is 0 Å². The zero-order valence-corrected chi connectivity index (χ0v) is 8.48. The number of halogens is 3. The molecule has 1 aromatic rings. The quantitative estimate of drug-likeness (QED) is 0.877. The number of rotatable bonds is 2. The number of aliphatic hydroxyl groups is 1. The Balaban J connectivity index is 3.30. The maximum Gasteiger partial charge on any atom is 0.265 e. The van der Waals surface area contributed by atoms with Crippen molar-refractivity contribution >= 4 is 15.9 Å². The fourth-order valence-electron chi connectivity index (χ4n) is 1.06. The number of aliphatic hydroxyl groups excluding tert-OH is 1. The molecule has 0 amide bonds. The van der Waals surface area contributed by atoms with Gasteiger partial charge in [-0.1, -0.05) is 0 Å². The third-order valence-corrected chi connectivity index (χ3v) is 2.43. The third-order valence-electron chi connectivity index (χ3n) is 1.80. The van der Waals surface area contributed by atoms with Crippen molar-refractivity contribution in [3.8, 4) is 0 Å². The lowest BCUT2D eigenvalue weighted by molar-refractivity contribution is 0.149. The first-order chi connectivity index (χ1) is 6.07. The summed E-state index contributed by atoms with van der Waals surface area (Å²) in [4.78, 5) is 3.81. The van der Waals surface area contributed by atoms with Crippen LogP contribution in [0.2, 0.25) is 0 Å². The Kier molecular flexibility index (Phi) is 3.33. The van der Waals surface area contributed by atoms with E-state index < -0.39 is 6.43 Å². The van der Waals surface area contributed by atoms with Crippen molar-refractivity contribution in [3.05, 3.63) is 27.5 Å². The summed E-state index contributed by atoms with van der Waals surface area (Å²) in [6.45, 7) is 1.20. The maximum absolute atomic E-state index is 12.5. The first-order valence-corrected chi connectivity index (χ1v) is 4.40. The summed E-state index contributed by atoms with van der Waals surface area (Å²) in [5.74, 6) is 0. The van der Waals surface area contributed by atoms with Crippen LogP contribution in [0.4, 0.5) is 8.78 Å². The Bertz CT molecular complexity index is 317. The smallest absolute Gasteiger partial charge is 0.265 e. The second-order valence-corrected chi connectivity index (χ2v) is 3.40. The molecule has 13 heavy (non-hydrogen) atoms. The van der Waals surface area contributed by atoms with Crippen LogP contribution in [0.15, 0.2) is 10.7 Å². The van der Waals surface area contributed by atoms with Gasteiger partial charge in [0.25, 0.3) is 6.43 Å². The second-order valence-electron chi connectivity index (χ2n) is 2.55. The van der Waals surface area contributed by atoms with Crippen molar-refractivity contribution in [2.75, 3.05) is 0 Å². The van der Waals surface area contributed by atoms with E-state index in [2.05, 4.69) is 20.9 Å². The highest BCUT2D eigenvalue weighted by Gasteiger charge is 2.17. The molecule has 72 valence electrons.